The lowest BCUT2D eigenvalue weighted by Gasteiger charge is -2.44. The summed E-state index contributed by atoms with van der Waals surface area (Å²) in [6.45, 7) is 3.24. The van der Waals surface area contributed by atoms with E-state index in [-0.39, 0.29) is 5.91 Å². The molecule has 144 valence electrons. The number of aryl methyl sites for hydroxylation is 1. The van der Waals surface area contributed by atoms with E-state index in [0.29, 0.717) is 36.5 Å². The minimum Gasteiger partial charge on any atom is -0.356 e. The number of nitrogens with zero attached hydrogens (tertiary/aromatic N) is 4. The Labute approximate surface area is 159 Å². The van der Waals surface area contributed by atoms with Crippen molar-refractivity contribution in [3.63, 3.8) is 0 Å². The van der Waals surface area contributed by atoms with Gasteiger partial charge in [-0.1, -0.05) is 11.6 Å². The molecule has 1 amide bonds. The first-order chi connectivity index (χ1) is 13.3. The number of hydrogen-bond acceptors (Lipinski definition) is 6. The molecule has 2 saturated heterocycles. The van der Waals surface area contributed by atoms with Gasteiger partial charge in [0.1, 0.15) is 0 Å². The largest absolute Gasteiger partial charge is 0.356 e. The Balaban J connectivity index is 1.24. The molecule has 0 aliphatic carbocycles. The second kappa shape index (κ2) is 8.61. The van der Waals surface area contributed by atoms with Crippen molar-refractivity contribution < 1.29 is 9.32 Å². The molecule has 2 aliphatic heterocycles. The molecule has 0 radical (unpaired) electrons. The van der Waals surface area contributed by atoms with Gasteiger partial charge in [-0.05, 0) is 56.8 Å². The summed E-state index contributed by atoms with van der Waals surface area (Å²) in [4.78, 5) is 23.2. The molecule has 0 bridgehead atoms. The van der Waals surface area contributed by atoms with Crippen LogP contribution in [0.15, 0.2) is 29.0 Å². The quantitative estimate of drug-likeness (QED) is 0.842. The van der Waals surface area contributed by atoms with E-state index in [0.717, 1.165) is 12.1 Å². The van der Waals surface area contributed by atoms with Crippen LogP contribution >= 0.6 is 0 Å². The van der Waals surface area contributed by atoms with Crippen molar-refractivity contribution in [1.29, 1.82) is 0 Å². The van der Waals surface area contributed by atoms with Crippen molar-refractivity contribution in [3.05, 3.63) is 30.4 Å². The van der Waals surface area contributed by atoms with E-state index in [2.05, 4.69) is 25.3 Å². The molecule has 2 aromatic rings. The third kappa shape index (κ3) is 4.53. The molecule has 0 spiro atoms. The molecule has 0 unspecified atom stereocenters. The number of aromatic nitrogens is 3. The number of piperidine rings is 2. The summed E-state index contributed by atoms with van der Waals surface area (Å²) in [7, 11) is 0. The highest BCUT2D eigenvalue weighted by atomic mass is 16.5. The average Bonchev–Trinajstić information content (AvgIpc) is 3.20. The Morgan fingerprint density at radius 3 is 2.93 bits per heavy atom. The van der Waals surface area contributed by atoms with Crippen LogP contribution < -0.4 is 5.32 Å². The lowest BCUT2D eigenvalue weighted by molar-refractivity contribution is -0.121. The summed E-state index contributed by atoms with van der Waals surface area (Å²) >= 11 is 0. The summed E-state index contributed by atoms with van der Waals surface area (Å²) in [5, 5.41) is 7.11. The van der Waals surface area contributed by atoms with E-state index in [9.17, 15) is 4.79 Å². The van der Waals surface area contributed by atoms with E-state index in [1.807, 2.05) is 12.1 Å². The number of hydrogen-bond donors (Lipinski definition) is 1. The third-order valence-corrected chi connectivity index (χ3v) is 5.76. The van der Waals surface area contributed by atoms with E-state index >= 15 is 0 Å². The Morgan fingerprint density at radius 1 is 1.19 bits per heavy atom. The van der Waals surface area contributed by atoms with Gasteiger partial charge < -0.3 is 14.7 Å². The van der Waals surface area contributed by atoms with Crippen LogP contribution in [0.1, 0.15) is 44.4 Å². The van der Waals surface area contributed by atoms with Gasteiger partial charge in [-0.25, -0.2) is 0 Å². The molecule has 2 aliphatic rings. The number of amides is 1. The molecule has 2 atom stereocenters. The molecule has 7 nitrogen and oxygen atoms in total. The lowest BCUT2D eigenvalue weighted by atomic mass is 9.83. The van der Waals surface area contributed by atoms with Crippen LogP contribution in [0.3, 0.4) is 0 Å². The third-order valence-electron chi connectivity index (χ3n) is 5.76. The van der Waals surface area contributed by atoms with Crippen LogP contribution in [0.5, 0.6) is 0 Å². The molecule has 4 heterocycles. The van der Waals surface area contributed by atoms with Crippen LogP contribution in [0.2, 0.25) is 0 Å². The van der Waals surface area contributed by atoms with Gasteiger partial charge in [0.25, 0.3) is 0 Å². The Hall–Kier alpha value is -2.28. The number of nitrogens with one attached hydrogen (secondary N) is 1. The number of carbonyl (C=O) groups excluding carboxylic acids is 1. The maximum Gasteiger partial charge on any atom is 0.227 e. The summed E-state index contributed by atoms with van der Waals surface area (Å²) in [6, 6.07) is 4.33. The number of fused-ring (bicyclic) bond motifs is 1. The van der Waals surface area contributed by atoms with Crippen molar-refractivity contribution >= 4 is 5.91 Å². The van der Waals surface area contributed by atoms with Gasteiger partial charge in [-0.2, -0.15) is 4.98 Å². The molecular formula is C20H27N5O2. The molecule has 7 heteroatoms. The molecule has 2 aromatic heterocycles. The first-order valence-electron chi connectivity index (χ1n) is 10.0. The summed E-state index contributed by atoms with van der Waals surface area (Å²) in [6.07, 6.45) is 10.6. The number of rotatable bonds is 6. The summed E-state index contributed by atoms with van der Waals surface area (Å²) in [5.74, 6) is 1.68. The van der Waals surface area contributed by atoms with Crippen molar-refractivity contribution in [1.82, 2.24) is 25.3 Å². The van der Waals surface area contributed by atoms with Crippen LogP contribution in [0.4, 0.5) is 0 Å². The Bertz CT molecular complexity index is 746. The first-order valence-corrected chi connectivity index (χ1v) is 10.0. The van der Waals surface area contributed by atoms with Crippen LogP contribution in [-0.2, 0) is 11.2 Å². The van der Waals surface area contributed by atoms with Gasteiger partial charge in [0.15, 0.2) is 0 Å². The highest BCUT2D eigenvalue weighted by molar-refractivity contribution is 5.76. The minimum atomic E-state index is 0.0617. The van der Waals surface area contributed by atoms with Gasteiger partial charge in [-0.3, -0.25) is 9.78 Å². The van der Waals surface area contributed by atoms with Crippen LogP contribution in [0.25, 0.3) is 11.4 Å². The average molecular weight is 369 g/mol. The first kappa shape index (κ1) is 18.1. The normalized spacial score (nSPS) is 23.0. The molecule has 2 fully saturated rings. The van der Waals surface area contributed by atoms with Crippen molar-refractivity contribution in [2.45, 2.75) is 51.0 Å². The van der Waals surface area contributed by atoms with Crippen molar-refractivity contribution in [2.24, 2.45) is 5.92 Å². The zero-order chi connectivity index (χ0) is 18.5. The van der Waals surface area contributed by atoms with Gasteiger partial charge in [0.05, 0.1) is 0 Å². The predicted octanol–water partition coefficient (Wildman–Crippen LogP) is 2.44. The molecule has 1 N–H and O–H groups in total. The highest BCUT2D eigenvalue weighted by Gasteiger charge is 2.32. The number of pyridine rings is 1. The summed E-state index contributed by atoms with van der Waals surface area (Å²) in [5.41, 5.74) is 0.860. The van der Waals surface area contributed by atoms with Crippen molar-refractivity contribution in [3.8, 4) is 11.4 Å². The lowest BCUT2D eigenvalue weighted by Crippen LogP contribution is -2.51. The van der Waals surface area contributed by atoms with E-state index in [1.54, 1.807) is 12.4 Å². The van der Waals surface area contributed by atoms with Crippen LogP contribution in [0, 0.1) is 5.92 Å². The fraction of sp³-hybridized carbons (Fsp3) is 0.600. The molecule has 4 rings (SSSR count). The molecule has 27 heavy (non-hydrogen) atoms. The molecule has 0 saturated carbocycles. The van der Waals surface area contributed by atoms with E-state index in [4.69, 9.17) is 4.52 Å². The fourth-order valence-electron chi connectivity index (χ4n) is 4.34. The van der Waals surface area contributed by atoms with Gasteiger partial charge >= 0.3 is 0 Å². The SMILES string of the molecule is O=C(CCc1nc(-c2ccncc2)no1)NC[C@H]1CCCN2CCCC[C@@H]12. The molecule has 0 aromatic carbocycles. The fourth-order valence-corrected chi connectivity index (χ4v) is 4.34. The topological polar surface area (TPSA) is 84.1 Å². The second-order valence-corrected chi connectivity index (χ2v) is 7.55. The monoisotopic (exact) mass is 369 g/mol. The zero-order valence-electron chi connectivity index (χ0n) is 15.6. The van der Waals surface area contributed by atoms with Crippen molar-refractivity contribution in [2.75, 3.05) is 19.6 Å². The zero-order valence-corrected chi connectivity index (χ0v) is 15.6. The maximum absolute atomic E-state index is 12.3. The predicted molar refractivity (Wildman–Crippen MR) is 101 cm³/mol. The molecular weight excluding hydrogens is 342 g/mol. The Morgan fingerprint density at radius 2 is 2.04 bits per heavy atom. The Kier molecular flexibility index (Phi) is 5.77. The highest BCUT2D eigenvalue weighted by Crippen LogP contribution is 2.30. The second-order valence-electron chi connectivity index (χ2n) is 7.55. The van der Waals surface area contributed by atoms with Gasteiger partial charge in [0, 0.05) is 43.4 Å². The van der Waals surface area contributed by atoms with Gasteiger partial charge in [-0.15, -0.1) is 0 Å². The standard InChI is InChI=1S/C20H27N5O2/c26-18(22-14-16-4-3-13-25-12-2-1-5-17(16)25)6-7-19-23-20(24-27-19)15-8-10-21-11-9-15/h8-11,16-17H,1-7,12-14H2,(H,22,26)/t16-,17+/m1/s1. The van der Waals surface area contributed by atoms with Gasteiger partial charge in [0.2, 0.25) is 17.6 Å². The smallest absolute Gasteiger partial charge is 0.227 e. The minimum absolute atomic E-state index is 0.0617. The van der Waals surface area contributed by atoms with E-state index < -0.39 is 0 Å². The van der Waals surface area contributed by atoms with E-state index in [1.165, 1.54) is 45.2 Å². The van der Waals surface area contributed by atoms with Crippen LogP contribution in [-0.4, -0.2) is 51.6 Å². The maximum atomic E-state index is 12.3. The summed E-state index contributed by atoms with van der Waals surface area (Å²) < 4.78 is 5.27. The number of carbonyl (C=O) groups is 1.